The van der Waals surface area contributed by atoms with Gasteiger partial charge in [0.05, 0.1) is 10.6 Å². The molecule has 0 saturated carbocycles. The van der Waals surface area contributed by atoms with Gasteiger partial charge in [0.25, 0.3) is 5.56 Å². The van der Waals surface area contributed by atoms with Gasteiger partial charge in [0.1, 0.15) is 4.83 Å². The second kappa shape index (κ2) is 8.25. The van der Waals surface area contributed by atoms with E-state index in [0.717, 1.165) is 26.9 Å². The van der Waals surface area contributed by atoms with Crippen molar-refractivity contribution < 1.29 is 4.42 Å². The number of rotatable bonds is 5. The maximum atomic E-state index is 13.1. The van der Waals surface area contributed by atoms with E-state index in [1.54, 1.807) is 0 Å². The number of nitrogens with two attached hydrogens (primary N) is 1. The van der Waals surface area contributed by atoms with E-state index in [0.29, 0.717) is 27.2 Å². The van der Waals surface area contributed by atoms with Crippen molar-refractivity contribution in [3.05, 3.63) is 81.8 Å². The van der Waals surface area contributed by atoms with Gasteiger partial charge in [-0.1, -0.05) is 59.8 Å². The average Bonchev–Trinajstić information content (AvgIpc) is 3.46. The predicted octanol–water partition coefficient (Wildman–Crippen LogP) is 5.05. The van der Waals surface area contributed by atoms with Gasteiger partial charge in [-0.2, -0.15) is 0 Å². The summed E-state index contributed by atoms with van der Waals surface area (Å²) >= 11 is 2.73. The molecule has 0 radical (unpaired) electrons. The Hall–Kier alpha value is -3.43. The molecule has 0 aliphatic heterocycles. The van der Waals surface area contributed by atoms with E-state index < -0.39 is 0 Å². The van der Waals surface area contributed by atoms with E-state index in [4.69, 9.17) is 10.3 Å². The van der Waals surface area contributed by atoms with Crippen LogP contribution in [0.25, 0.3) is 32.8 Å². The zero-order valence-corrected chi connectivity index (χ0v) is 19.0. The highest BCUT2D eigenvalue weighted by molar-refractivity contribution is 7.99. The van der Waals surface area contributed by atoms with Crippen LogP contribution in [0.2, 0.25) is 0 Å². The van der Waals surface area contributed by atoms with Gasteiger partial charge in [-0.25, -0.2) is 9.66 Å². The minimum absolute atomic E-state index is 0.242. The van der Waals surface area contributed by atoms with Crippen molar-refractivity contribution >= 4 is 33.3 Å². The zero-order valence-electron chi connectivity index (χ0n) is 17.4. The maximum absolute atomic E-state index is 13.1. The van der Waals surface area contributed by atoms with Crippen molar-refractivity contribution in [1.82, 2.24) is 19.9 Å². The summed E-state index contributed by atoms with van der Waals surface area (Å²) in [5.74, 6) is 7.05. The standard InChI is InChI=1S/C23H19N5O2S2/c1-13-7-6-10-16(11-13)20-27-26-19(30-20)14(2)32-23-25-21-18(22(29)28(23)24)17(12-31-21)15-8-4-3-5-9-15/h3-12,14H,24H2,1-2H3. The van der Waals surface area contributed by atoms with Gasteiger partial charge in [-0.05, 0) is 31.5 Å². The van der Waals surface area contributed by atoms with E-state index in [2.05, 4.69) is 15.2 Å². The van der Waals surface area contributed by atoms with E-state index in [1.165, 1.54) is 23.1 Å². The van der Waals surface area contributed by atoms with Crippen molar-refractivity contribution in [2.75, 3.05) is 5.84 Å². The number of aromatic nitrogens is 4. The molecule has 1 atom stereocenters. The highest BCUT2D eigenvalue weighted by Crippen LogP contribution is 2.36. The van der Waals surface area contributed by atoms with Crippen LogP contribution in [0, 0.1) is 6.92 Å². The third kappa shape index (κ3) is 3.69. The Bertz CT molecular complexity index is 1470. The van der Waals surface area contributed by atoms with Crippen LogP contribution < -0.4 is 11.4 Å². The number of aryl methyl sites for hydroxylation is 1. The first kappa shape index (κ1) is 20.5. The smallest absolute Gasteiger partial charge is 0.282 e. The Morgan fingerprint density at radius 1 is 1.09 bits per heavy atom. The molecule has 0 aliphatic rings. The molecule has 0 aliphatic carbocycles. The van der Waals surface area contributed by atoms with Crippen molar-refractivity contribution in [1.29, 1.82) is 0 Å². The summed E-state index contributed by atoms with van der Waals surface area (Å²) in [7, 11) is 0. The van der Waals surface area contributed by atoms with Crippen LogP contribution in [-0.2, 0) is 0 Å². The molecule has 2 aromatic carbocycles. The fourth-order valence-corrected chi connectivity index (χ4v) is 5.25. The monoisotopic (exact) mass is 461 g/mol. The van der Waals surface area contributed by atoms with Gasteiger partial charge in [-0.3, -0.25) is 4.79 Å². The number of hydrogen-bond acceptors (Lipinski definition) is 8. The lowest BCUT2D eigenvalue weighted by Crippen LogP contribution is -2.29. The summed E-state index contributed by atoms with van der Waals surface area (Å²) in [6.45, 7) is 3.92. The average molecular weight is 462 g/mol. The fraction of sp³-hybridized carbons (Fsp3) is 0.130. The summed E-state index contributed by atoms with van der Waals surface area (Å²) in [5.41, 5.74) is 3.49. The molecule has 2 N–H and O–H groups in total. The van der Waals surface area contributed by atoms with Crippen LogP contribution >= 0.6 is 23.1 Å². The number of nitrogen functional groups attached to an aromatic ring is 1. The van der Waals surface area contributed by atoms with Crippen LogP contribution in [0.4, 0.5) is 0 Å². The number of thiophene rings is 1. The van der Waals surface area contributed by atoms with Crippen molar-refractivity contribution in [3.63, 3.8) is 0 Å². The molecule has 0 spiro atoms. The predicted molar refractivity (Wildman–Crippen MR) is 128 cm³/mol. The summed E-state index contributed by atoms with van der Waals surface area (Å²) in [6, 6.07) is 17.6. The molecule has 160 valence electrons. The second-order valence-electron chi connectivity index (χ2n) is 7.34. The second-order valence-corrected chi connectivity index (χ2v) is 9.51. The lowest BCUT2D eigenvalue weighted by molar-refractivity contribution is 0.508. The Kier molecular flexibility index (Phi) is 5.28. The lowest BCUT2D eigenvalue weighted by Gasteiger charge is -2.10. The molecule has 1 unspecified atom stereocenters. The number of fused-ring (bicyclic) bond motifs is 1. The molecule has 0 fully saturated rings. The molecule has 5 rings (SSSR count). The minimum Gasteiger partial charge on any atom is -0.419 e. The quantitative estimate of drug-likeness (QED) is 0.222. The van der Waals surface area contributed by atoms with E-state index in [9.17, 15) is 4.79 Å². The normalized spacial score (nSPS) is 12.3. The van der Waals surface area contributed by atoms with Crippen LogP contribution in [0.5, 0.6) is 0 Å². The number of nitrogens with zero attached hydrogens (tertiary/aromatic N) is 4. The number of hydrogen-bond donors (Lipinski definition) is 1. The van der Waals surface area contributed by atoms with Crippen molar-refractivity contribution in [3.8, 4) is 22.6 Å². The van der Waals surface area contributed by atoms with Gasteiger partial charge in [0, 0.05) is 16.5 Å². The van der Waals surface area contributed by atoms with E-state index >= 15 is 0 Å². The van der Waals surface area contributed by atoms with Gasteiger partial charge in [0.15, 0.2) is 5.16 Å². The molecule has 32 heavy (non-hydrogen) atoms. The molecule has 7 nitrogen and oxygen atoms in total. The molecular weight excluding hydrogens is 442 g/mol. The van der Waals surface area contributed by atoms with Gasteiger partial charge in [-0.15, -0.1) is 21.5 Å². The number of benzene rings is 2. The molecule has 0 bridgehead atoms. The summed E-state index contributed by atoms with van der Waals surface area (Å²) < 4.78 is 6.98. The first-order valence-corrected chi connectivity index (χ1v) is 11.7. The lowest BCUT2D eigenvalue weighted by atomic mass is 10.1. The molecule has 9 heteroatoms. The summed E-state index contributed by atoms with van der Waals surface area (Å²) in [4.78, 5) is 18.4. The molecule has 3 aromatic heterocycles. The first-order chi connectivity index (χ1) is 15.5. The summed E-state index contributed by atoms with van der Waals surface area (Å²) in [5, 5.41) is 11.0. The van der Waals surface area contributed by atoms with Gasteiger partial charge >= 0.3 is 0 Å². The largest absolute Gasteiger partial charge is 0.419 e. The Labute approximate surface area is 191 Å². The molecule has 3 heterocycles. The molecule has 5 aromatic rings. The molecule has 0 amide bonds. The third-order valence-corrected chi connectivity index (χ3v) is 6.95. The molecule has 0 saturated heterocycles. The fourth-order valence-electron chi connectivity index (χ4n) is 3.40. The maximum Gasteiger partial charge on any atom is 0.282 e. The number of thioether (sulfide) groups is 1. The zero-order chi connectivity index (χ0) is 22.2. The van der Waals surface area contributed by atoms with Crippen LogP contribution in [0.15, 0.2) is 74.3 Å². The van der Waals surface area contributed by atoms with Gasteiger partial charge in [0.2, 0.25) is 11.8 Å². The SMILES string of the molecule is Cc1cccc(-c2nnc(C(C)Sc3nc4scc(-c5ccccc5)c4c(=O)n3N)o2)c1. The first-order valence-electron chi connectivity index (χ1n) is 9.93. The Morgan fingerprint density at radius 2 is 1.88 bits per heavy atom. The topological polar surface area (TPSA) is 99.8 Å². The van der Waals surface area contributed by atoms with Crippen LogP contribution in [0.3, 0.4) is 0 Å². The highest BCUT2D eigenvalue weighted by Gasteiger charge is 2.21. The van der Waals surface area contributed by atoms with Crippen LogP contribution in [-0.4, -0.2) is 19.9 Å². The van der Waals surface area contributed by atoms with E-state index in [1.807, 2.05) is 73.8 Å². The third-order valence-electron chi connectivity index (χ3n) is 5.03. The van der Waals surface area contributed by atoms with Gasteiger partial charge < -0.3 is 10.3 Å². The Balaban J connectivity index is 1.46. The Morgan fingerprint density at radius 3 is 2.66 bits per heavy atom. The molecular formula is C23H19N5O2S2. The van der Waals surface area contributed by atoms with Crippen molar-refractivity contribution in [2.24, 2.45) is 0 Å². The van der Waals surface area contributed by atoms with Crippen LogP contribution in [0.1, 0.15) is 23.6 Å². The van der Waals surface area contributed by atoms with Crippen molar-refractivity contribution in [2.45, 2.75) is 24.3 Å². The highest BCUT2D eigenvalue weighted by atomic mass is 32.2. The van der Waals surface area contributed by atoms with E-state index in [-0.39, 0.29) is 10.8 Å². The minimum atomic E-state index is -0.282. The summed E-state index contributed by atoms with van der Waals surface area (Å²) in [6.07, 6.45) is 0.